The molecule has 2 amide bonds. The molecule has 0 heterocycles. The predicted octanol–water partition coefficient (Wildman–Crippen LogP) is 4.64. The quantitative estimate of drug-likeness (QED) is 0.215. The molecule has 10 heteroatoms. The van der Waals surface area contributed by atoms with E-state index in [2.05, 4.69) is 10.6 Å². The molecule has 2 aliphatic rings. The van der Waals surface area contributed by atoms with Crippen molar-refractivity contribution in [1.29, 1.82) is 0 Å². The van der Waals surface area contributed by atoms with E-state index < -0.39 is 35.8 Å². The molecule has 3 aromatic carbocycles. The zero-order valence-corrected chi connectivity index (χ0v) is 25.0. The molecule has 0 spiro atoms. The van der Waals surface area contributed by atoms with E-state index in [-0.39, 0.29) is 24.7 Å². The second-order valence-electron chi connectivity index (χ2n) is 10.9. The zero-order valence-electron chi connectivity index (χ0n) is 25.0. The molecule has 0 saturated heterocycles. The predicted molar refractivity (Wildman–Crippen MR) is 162 cm³/mol. The molecule has 1 saturated carbocycles. The van der Waals surface area contributed by atoms with Crippen LogP contribution in [-0.4, -0.2) is 62.8 Å². The summed E-state index contributed by atoms with van der Waals surface area (Å²) in [6, 6.07) is 17.6. The maximum absolute atomic E-state index is 13.4. The van der Waals surface area contributed by atoms with Crippen molar-refractivity contribution in [3.8, 4) is 22.6 Å². The summed E-state index contributed by atoms with van der Waals surface area (Å²) in [4.78, 5) is 52.1. The summed E-state index contributed by atoms with van der Waals surface area (Å²) >= 11 is 0. The molecular formula is C34H36N2O8. The van der Waals surface area contributed by atoms with E-state index in [9.17, 15) is 19.2 Å². The third kappa shape index (κ3) is 6.85. The molecule has 44 heavy (non-hydrogen) atoms. The Bertz CT molecular complexity index is 1500. The van der Waals surface area contributed by atoms with E-state index >= 15 is 0 Å². The van der Waals surface area contributed by atoms with E-state index in [4.69, 9.17) is 18.9 Å². The number of hydrogen-bond acceptors (Lipinski definition) is 8. The first-order chi connectivity index (χ1) is 21.3. The number of esters is 1. The van der Waals surface area contributed by atoms with E-state index in [0.717, 1.165) is 35.1 Å². The standard InChI is InChI=1S/C34H36N2O8/c1-4-42-33(39)30(36-32(38)22-15-16-28(41-3)29(17-22)43-18-21-13-14-21)31(37)20(2)35-34(40)44-19-27-25-11-7-5-9-23(25)24-10-6-8-12-26(24)27/h5-12,15-17,20-21,27,30H,4,13-14,18-19H2,1-3H3,(H,35,40)(H,36,38)/t20-,30?/m0/s1. The second-order valence-corrected chi connectivity index (χ2v) is 10.9. The highest BCUT2D eigenvalue weighted by molar-refractivity contribution is 6.10. The molecule has 0 bridgehead atoms. The van der Waals surface area contributed by atoms with Crippen molar-refractivity contribution in [2.24, 2.45) is 5.92 Å². The Labute approximate surface area is 256 Å². The number of ketones is 1. The fourth-order valence-corrected chi connectivity index (χ4v) is 5.25. The van der Waals surface area contributed by atoms with Crippen molar-refractivity contribution in [3.63, 3.8) is 0 Å². The third-order valence-electron chi connectivity index (χ3n) is 7.78. The Morgan fingerprint density at radius 2 is 1.50 bits per heavy atom. The third-order valence-corrected chi connectivity index (χ3v) is 7.78. The average Bonchev–Trinajstić information content (AvgIpc) is 3.82. The van der Waals surface area contributed by atoms with Crippen LogP contribution in [0.1, 0.15) is 54.1 Å². The minimum absolute atomic E-state index is 0.00559. The molecule has 2 atom stereocenters. The number of alkyl carbamates (subject to hydrolysis) is 1. The Balaban J connectivity index is 1.23. The van der Waals surface area contributed by atoms with Crippen LogP contribution >= 0.6 is 0 Å². The minimum atomic E-state index is -1.66. The van der Waals surface area contributed by atoms with Gasteiger partial charge in [-0.15, -0.1) is 0 Å². The van der Waals surface area contributed by atoms with Gasteiger partial charge >= 0.3 is 12.1 Å². The summed E-state index contributed by atoms with van der Waals surface area (Å²) in [5, 5.41) is 4.95. The van der Waals surface area contributed by atoms with Crippen molar-refractivity contribution >= 4 is 23.8 Å². The first-order valence-electron chi connectivity index (χ1n) is 14.7. The van der Waals surface area contributed by atoms with Crippen molar-refractivity contribution in [3.05, 3.63) is 83.4 Å². The van der Waals surface area contributed by atoms with E-state index in [1.54, 1.807) is 13.0 Å². The molecular weight excluding hydrogens is 564 g/mol. The number of amides is 2. The molecule has 10 nitrogen and oxygen atoms in total. The number of carbonyl (C=O) groups is 4. The summed E-state index contributed by atoms with van der Waals surface area (Å²) in [7, 11) is 1.50. The van der Waals surface area contributed by atoms with Crippen LogP contribution in [-0.2, 0) is 19.1 Å². The fourth-order valence-electron chi connectivity index (χ4n) is 5.25. The summed E-state index contributed by atoms with van der Waals surface area (Å²) in [6.07, 6.45) is 1.36. The number of methoxy groups -OCH3 is 1. The average molecular weight is 601 g/mol. The van der Waals surface area contributed by atoms with Crippen LogP contribution in [0.3, 0.4) is 0 Å². The minimum Gasteiger partial charge on any atom is -0.493 e. The second kappa shape index (κ2) is 13.6. The van der Waals surface area contributed by atoms with Gasteiger partial charge in [0.25, 0.3) is 5.91 Å². The van der Waals surface area contributed by atoms with Crippen LogP contribution in [0, 0.1) is 5.92 Å². The zero-order chi connectivity index (χ0) is 31.2. The Morgan fingerprint density at radius 1 is 0.841 bits per heavy atom. The lowest BCUT2D eigenvalue weighted by atomic mass is 9.98. The normalized spacial score (nSPS) is 14.8. The largest absolute Gasteiger partial charge is 0.493 e. The Morgan fingerprint density at radius 3 is 2.11 bits per heavy atom. The number of ether oxygens (including phenoxy) is 4. The lowest BCUT2D eigenvalue weighted by molar-refractivity contribution is -0.148. The van der Waals surface area contributed by atoms with Gasteiger partial charge in [-0.1, -0.05) is 48.5 Å². The molecule has 0 aromatic heterocycles. The van der Waals surface area contributed by atoms with Gasteiger partial charge < -0.3 is 29.6 Å². The number of nitrogens with one attached hydrogen (secondary N) is 2. The van der Waals surface area contributed by atoms with Gasteiger partial charge in [0, 0.05) is 11.5 Å². The first kappa shape index (κ1) is 30.6. The van der Waals surface area contributed by atoms with Gasteiger partial charge in [0.1, 0.15) is 6.61 Å². The van der Waals surface area contributed by atoms with Crippen LogP contribution in [0.2, 0.25) is 0 Å². The molecule has 2 N–H and O–H groups in total. The Hall–Kier alpha value is -4.86. The van der Waals surface area contributed by atoms with Gasteiger partial charge in [-0.2, -0.15) is 0 Å². The monoisotopic (exact) mass is 600 g/mol. The van der Waals surface area contributed by atoms with Crippen LogP contribution < -0.4 is 20.1 Å². The Kier molecular flexibility index (Phi) is 9.47. The lowest BCUT2D eigenvalue weighted by Gasteiger charge is -2.21. The van der Waals surface area contributed by atoms with Gasteiger partial charge in [-0.05, 0) is 73.1 Å². The molecule has 1 fully saturated rings. The number of fused-ring (bicyclic) bond motifs is 3. The first-order valence-corrected chi connectivity index (χ1v) is 14.7. The van der Waals surface area contributed by atoms with Crippen molar-refractivity contribution < 1.29 is 38.1 Å². The highest BCUT2D eigenvalue weighted by atomic mass is 16.6. The van der Waals surface area contributed by atoms with E-state index in [1.807, 2.05) is 48.5 Å². The SMILES string of the molecule is CCOC(=O)C(NC(=O)c1ccc(OC)c(OCC2CC2)c1)C(=O)[C@H](C)NC(=O)OCC1c2ccccc2-c2ccccc21. The van der Waals surface area contributed by atoms with Crippen LogP contribution in [0.4, 0.5) is 4.79 Å². The number of benzene rings is 3. The van der Waals surface area contributed by atoms with Crippen molar-refractivity contribution in [1.82, 2.24) is 10.6 Å². The number of rotatable bonds is 13. The van der Waals surface area contributed by atoms with Gasteiger partial charge in [0.15, 0.2) is 23.3 Å². The molecule has 1 unspecified atom stereocenters. The van der Waals surface area contributed by atoms with Crippen molar-refractivity contribution in [2.45, 2.75) is 44.7 Å². The molecule has 3 aromatic rings. The smallest absolute Gasteiger partial charge is 0.407 e. The van der Waals surface area contributed by atoms with Crippen LogP contribution in [0.15, 0.2) is 66.7 Å². The van der Waals surface area contributed by atoms with Crippen molar-refractivity contribution in [2.75, 3.05) is 26.9 Å². The number of carbonyl (C=O) groups excluding carboxylic acids is 4. The highest BCUT2D eigenvalue weighted by Crippen LogP contribution is 2.44. The van der Waals surface area contributed by atoms with Gasteiger partial charge in [-0.25, -0.2) is 9.59 Å². The maximum atomic E-state index is 13.4. The number of hydrogen-bond donors (Lipinski definition) is 2. The number of Topliss-reactive ketones (excluding diaryl/α,β-unsaturated/α-hetero) is 1. The molecule has 2 aliphatic carbocycles. The van der Waals surface area contributed by atoms with Gasteiger partial charge in [-0.3, -0.25) is 9.59 Å². The van der Waals surface area contributed by atoms with E-state index in [0.29, 0.717) is 24.0 Å². The summed E-state index contributed by atoms with van der Waals surface area (Å²) in [5.41, 5.74) is 4.45. The highest BCUT2D eigenvalue weighted by Gasteiger charge is 2.35. The summed E-state index contributed by atoms with van der Waals surface area (Å²) in [5.74, 6) is -1.22. The topological polar surface area (TPSA) is 129 Å². The van der Waals surface area contributed by atoms with Gasteiger partial charge in [0.05, 0.1) is 26.4 Å². The maximum Gasteiger partial charge on any atom is 0.407 e. The lowest BCUT2D eigenvalue weighted by Crippen LogP contribution is -2.54. The van der Waals surface area contributed by atoms with Crippen LogP contribution in [0.25, 0.3) is 11.1 Å². The summed E-state index contributed by atoms with van der Waals surface area (Å²) < 4.78 is 21.8. The van der Waals surface area contributed by atoms with Crippen LogP contribution in [0.5, 0.6) is 11.5 Å². The molecule has 0 aliphatic heterocycles. The fraction of sp³-hybridized carbons (Fsp3) is 0.353. The molecule has 5 rings (SSSR count). The molecule has 0 radical (unpaired) electrons. The molecule has 230 valence electrons. The summed E-state index contributed by atoms with van der Waals surface area (Å²) in [6.45, 7) is 3.56. The van der Waals surface area contributed by atoms with E-state index in [1.165, 1.54) is 26.2 Å². The van der Waals surface area contributed by atoms with Gasteiger partial charge in [0.2, 0.25) is 0 Å².